The molecule has 5 heteroatoms. The predicted molar refractivity (Wildman–Crippen MR) is 104 cm³/mol. The largest absolute Gasteiger partial charge is 0.496 e. The molecule has 3 rings (SSSR count). The fourth-order valence-corrected chi connectivity index (χ4v) is 2.83. The lowest BCUT2D eigenvalue weighted by Gasteiger charge is -2.15. The lowest BCUT2D eigenvalue weighted by atomic mass is 10.0. The third-order valence-corrected chi connectivity index (χ3v) is 4.29. The van der Waals surface area contributed by atoms with Gasteiger partial charge in [0.05, 0.1) is 12.7 Å². The maximum absolute atomic E-state index is 12.6. The number of ether oxygens (including phenoxy) is 2. The van der Waals surface area contributed by atoms with Gasteiger partial charge in [0.2, 0.25) is 0 Å². The number of carbonyl (C=O) groups excluding carboxylic acids is 2. The number of carbonyl (C=O) groups is 2. The van der Waals surface area contributed by atoms with Crippen molar-refractivity contribution in [3.63, 3.8) is 0 Å². The smallest absolute Gasteiger partial charge is 0.339 e. The van der Waals surface area contributed by atoms with Crippen LogP contribution in [0, 0.1) is 0 Å². The van der Waals surface area contributed by atoms with Crippen molar-refractivity contribution in [1.82, 2.24) is 5.32 Å². The molecule has 3 aromatic carbocycles. The summed E-state index contributed by atoms with van der Waals surface area (Å²) >= 11 is 0. The van der Waals surface area contributed by atoms with Crippen molar-refractivity contribution in [2.45, 2.75) is 19.6 Å². The average molecular weight is 363 g/mol. The van der Waals surface area contributed by atoms with E-state index >= 15 is 0 Å². The summed E-state index contributed by atoms with van der Waals surface area (Å²) in [6, 6.07) is 20.3. The van der Waals surface area contributed by atoms with Gasteiger partial charge in [0, 0.05) is 11.9 Å². The summed E-state index contributed by atoms with van der Waals surface area (Å²) in [6.45, 7) is 1.94. The van der Waals surface area contributed by atoms with E-state index in [1.54, 1.807) is 26.2 Å². The van der Waals surface area contributed by atoms with E-state index in [1.807, 2.05) is 54.6 Å². The summed E-state index contributed by atoms with van der Waals surface area (Å²) in [6.07, 6.45) is -0.901. The number of hydrogen-bond donors (Lipinski definition) is 1. The first-order valence-corrected chi connectivity index (χ1v) is 8.68. The average Bonchev–Trinajstić information content (AvgIpc) is 2.71. The molecule has 0 heterocycles. The van der Waals surface area contributed by atoms with Crippen molar-refractivity contribution in [2.75, 3.05) is 7.11 Å². The number of benzene rings is 3. The zero-order valence-electron chi connectivity index (χ0n) is 15.3. The Hall–Kier alpha value is -3.34. The van der Waals surface area contributed by atoms with E-state index in [-0.39, 0.29) is 5.91 Å². The molecule has 138 valence electrons. The van der Waals surface area contributed by atoms with Gasteiger partial charge >= 0.3 is 5.97 Å². The third kappa shape index (κ3) is 4.26. The van der Waals surface area contributed by atoms with Gasteiger partial charge in [0.25, 0.3) is 5.91 Å². The highest BCUT2D eigenvalue weighted by molar-refractivity contribution is 6.06. The van der Waals surface area contributed by atoms with Crippen molar-refractivity contribution < 1.29 is 19.1 Å². The lowest BCUT2D eigenvalue weighted by molar-refractivity contribution is -0.129. The molecule has 0 saturated carbocycles. The van der Waals surface area contributed by atoms with Crippen molar-refractivity contribution in [3.8, 4) is 5.75 Å². The van der Waals surface area contributed by atoms with Crippen LogP contribution in [0.5, 0.6) is 5.75 Å². The standard InChI is InChI=1S/C22H21NO4/c1-15(21(24)23-14-16-8-4-3-5-9-16)27-22(25)19-12-13-20(26-2)18-11-7-6-10-17(18)19/h3-13,15H,14H2,1-2H3,(H,23,24)/t15-/m0/s1. The van der Waals surface area contributed by atoms with E-state index in [4.69, 9.17) is 9.47 Å². The number of methoxy groups -OCH3 is 1. The Kier molecular flexibility index (Phi) is 5.71. The third-order valence-electron chi connectivity index (χ3n) is 4.29. The molecule has 5 nitrogen and oxygen atoms in total. The predicted octanol–water partition coefficient (Wildman–Crippen LogP) is 3.71. The number of rotatable bonds is 6. The zero-order chi connectivity index (χ0) is 19.2. The van der Waals surface area contributed by atoms with Gasteiger partial charge in [-0.15, -0.1) is 0 Å². The summed E-state index contributed by atoms with van der Waals surface area (Å²) < 4.78 is 10.7. The SMILES string of the molecule is COc1ccc(C(=O)O[C@@H](C)C(=O)NCc2ccccc2)c2ccccc12. The molecule has 0 aliphatic rings. The lowest BCUT2D eigenvalue weighted by Crippen LogP contribution is -2.35. The molecular weight excluding hydrogens is 342 g/mol. The molecule has 0 radical (unpaired) electrons. The molecular formula is C22H21NO4. The summed E-state index contributed by atoms with van der Waals surface area (Å²) in [4.78, 5) is 24.8. The van der Waals surface area contributed by atoms with Crippen LogP contribution in [0.25, 0.3) is 10.8 Å². The normalized spacial score (nSPS) is 11.6. The fourth-order valence-electron chi connectivity index (χ4n) is 2.83. The second kappa shape index (κ2) is 8.36. The second-order valence-electron chi connectivity index (χ2n) is 6.11. The topological polar surface area (TPSA) is 64.6 Å². The minimum Gasteiger partial charge on any atom is -0.496 e. The van der Waals surface area contributed by atoms with E-state index in [2.05, 4.69) is 5.32 Å². The van der Waals surface area contributed by atoms with Gasteiger partial charge in [-0.1, -0.05) is 54.6 Å². The molecule has 0 aliphatic heterocycles. The summed E-state index contributed by atoms with van der Waals surface area (Å²) in [5, 5.41) is 4.31. The molecule has 3 aromatic rings. The van der Waals surface area contributed by atoms with Crippen LogP contribution in [0.2, 0.25) is 0 Å². The van der Waals surface area contributed by atoms with E-state index in [1.165, 1.54) is 0 Å². The monoisotopic (exact) mass is 363 g/mol. The molecule has 1 atom stereocenters. The quantitative estimate of drug-likeness (QED) is 0.678. The first-order chi connectivity index (χ1) is 13.1. The van der Waals surface area contributed by atoms with Crippen LogP contribution < -0.4 is 10.1 Å². The molecule has 0 spiro atoms. The summed E-state index contributed by atoms with van der Waals surface area (Å²) in [7, 11) is 1.58. The zero-order valence-corrected chi connectivity index (χ0v) is 15.3. The van der Waals surface area contributed by atoms with Gasteiger partial charge in [-0.05, 0) is 30.0 Å². The van der Waals surface area contributed by atoms with Crippen LogP contribution in [-0.4, -0.2) is 25.1 Å². The van der Waals surface area contributed by atoms with Crippen LogP contribution in [0.15, 0.2) is 66.7 Å². The number of fused-ring (bicyclic) bond motifs is 1. The molecule has 0 unspecified atom stereocenters. The number of nitrogens with one attached hydrogen (secondary N) is 1. The molecule has 0 saturated heterocycles. The van der Waals surface area contributed by atoms with Crippen molar-refractivity contribution in [2.24, 2.45) is 0 Å². The number of esters is 1. The maximum atomic E-state index is 12.6. The Balaban J connectivity index is 1.69. The van der Waals surface area contributed by atoms with Crippen LogP contribution in [0.4, 0.5) is 0 Å². The molecule has 0 aliphatic carbocycles. The molecule has 1 N–H and O–H groups in total. The van der Waals surface area contributed by atoms with Crippen LogP contribution in [-0.2, 0) is 16.1 Å². The van der Waals surface area contributed by atoms with Gasteiger partial charge in [0.1, 0.15) is 5.75 Å². The van der Waals surface area contributed by atoms with E-state index < -0.39 is 12.1 Å². The van der Waals surface area contributed by atoms with Gasteiger partial charge in [0.15, 0.2) is 6.10 Å². The van der Waals surface area contributed by atoms with Crippen LogP contribution in [0.3, 0.4) is 0 Å². The molecule has 0 bridgehead atoms. The molecule has 1 amide bonds. The first kappa shape index (κ1) is 18.5. The van der Waals surface area contributed by atoms with E-state index in [0.29, 0.717) is 17.9 Å². The number of hydrogen-bond acceptors (Lipinski definition) is 4. The Morgan fingerprint density at radius 2 is 1.59 bits per heavy atom. The van der Waals surface area contributed by atoms with Crippen molar-refractivity contribution in [3.05, 3.63) is 77.9 Å². The molecule has 0 fully saturated rings. The van der Waals surface area contributed by atoms with Crippen LogP contribution >= 0.6 is 0 Å². The Morgan fingerprint density at radius 1 is 0.926 bits per heavy atom. The van der Waals surface area contributed by atoms with Crippen LogP contribution in [0.1, 0.15) is 22.8 Å². The maximum Gasteiger partial charge on any atom is 0.339 e. The van der Waals surface area contributed by atoms with E-state index in [9.17, 15) is 9.59 Å². The van der Waals surface area contributed by atoms with Crippen molar-refractivity contribution >= 4 is 22.6 Å². The first-order valence-electron chi connectivity index (χ1n) is 8.68. The molecule has 27 heavy (non-hydrogen) atoms. The van der Waals surface area contributed by atoms with Gasteiger partial charge in [-0.25, -0.2) is 4.79 Å². The molecule has 0 aromatic heterocycles. The second-order valence-corrected chi connectivity index (χ2v) is 6.11. The van der Waals surface area contributed by atoms with E-state index in [0.717, 1.165) is 16.3 Å². The summed E-state index contributed by atoms with van der Waals surface area (Å²) in [5.74, 6) is -0.211. The number of amides is 1. The Morgan fingerprint density at radius 3 is 2.30 bits per heavy atom. The van der Waals surface area contributed by atoms with Gasteiger partial charge in [-0.2, -0.15) is 0 Å². The minimum absolute atomic E-state index is 0.343. The van der Waals surface area contributed by atoms with Gasteiger partial charge < -0.3 is 14.8 Å². The highest BCUT2D eigenvalue weighted by Gasteiger charge is 2.20. The minimum atomic E-state index is -0.901. The Labute approximate surface area is 157 Å². The van der Waals surface area contributed by atoms with Gasteiger partial charge in [-0.3, -0.25) is 4.79 Å². The van der Waals surface area contributed by atoms with Crippen molar-refractivity contribution in [1.29, 1.82) is 0 Å². The Bertz CT molecular complexity index is 953. The summed E-state index contributed by atoms with van der Waals surface area (Å²) in [5.41, 5.74) is 1.37. The fraction of sp³-hybridized carbons (Fsp3) is 0.182. The highest BCUT2D eigenvalue weighted by atomic mass is 16.5. The highest BCUT2D eigenvalue weighted by Crippen LogP contribution is 2.28.